The number of hydrogen-bond donors (Lipinski definition) is 2. The van der Waals surface area contributed by atoms with Crippen LogP contribution in [0.5, 0.6) is 0 Å². The first kappa shape index (κ1) is 16.8. The van der Waals surface area contributed by atoms with Crippen molar-refractivity contribution in [1.29, 1.82) is 0 Å². The van der Waals surface area contributed by atoms with Gasteiger partial charge in [-0.2, -0.15) is 0 Å². The Balaban J connectivity index is 2.66. The number of rotatable bonds is 5. The second-order valence-electron chi connectivity index (χ2n) is 7.11. The Bertz CT molecular complexity index is 355. The predicted octanol–water partition coefficient (Wildman–Crippen LogP) is 3.32. The van der Waals surface area contributed by atoms with Crippen LogP contribution >= 0.6 is 0 Å². The van der Waals surface area contributed by atoms with Crippen molar-refractivity contribution < 1.29 is 19.4 Å². The summed E-state index contributed by atoms with van der Waals surface area (Å²) >= 11 is 0. The van der Waals surface area contributed by atoms with E-state index in [9.17, 15) is 9.59 Å². The molecule has 5 nitrogen and oxygen atoms in total. The molecule has 1 amide bonds. The highest BCUT2D eigenvalue weighted by molar-refractivity contribution is 5.72. The Morgan fingerprint density at radius 2 is 1.75 bits per heavy atom. The monoisotopic (exact) mass is 285 g/mol. The Labute approximate surface area is 121 Å². The predicted molar refractivity (Wildman–Crippen MR) is 76.6 cm³/mol. The van der Waals surface area contributed by atoms with Crippen molar-refractivity contribution in [3.05, 3.63) is 0 Å². The molecule has 0 heterocycles. The van der Waals surface area contributed by atoms with Gasteiger partial charge in [0, 0.05) is 0 Å². The van der Waals surface area contributed by atoms with Crippen molar-refractivity contribution in [2.24, 2.45) is 5.92 Å². The standard InChI is InChI=1S/C15H27NO4/c1-14(2,3)20-13(19)16-15(4,10-12(17)18)9-11-7-5-6-8-11/h11H,5-10H2,1-4H3,(H,16,19)(H,17,18). The van der Waals surface area contributed by atoms with Gasteiger partial charge >= 0.3 is 12.1 Å². The molecule has 2 N–H and O–H groups in total. The molecule has 1 aliphatic rings. The molecule has 0 aliphatic heterocycles. The number of carbonyl (C=O) groups is 2. The summed E-state index contributed by atoms with van der Waals surface area (Å²) < 4.78 is 5.24. The third-order valence-electron chi connectivity index (χ3n) is 3.56. The zero-order valence-electron chi connectivity index (χ0n) is 13.0. The number of alkyl carbamates (subject to hydrolysis) is 1. The van der Waals surface area contributed by atoms with E-state index in [0.29, 0.717) is 12.3 Å². The summed E-state index contributed by atoms with van der Waals surface area (Å²) in [4.78, 5) is 23.0. The van der Waals surface area contributed by atoms with Crippen LogP contribution in [0.25, 0.3) is 0 Å². The number of carboxylic acid groups (broad SMARTS) is 1. The van der Waals surface area contributed by atoms with Crippen molar-refractivity contribution in [3.63, 3.8) is 0 Å². The lowest BCUT2D eigenvalue weighted by atomic mass is 9.85. The van der Waals surface area contributed by atoms with E-state index in [-0.39, 0.29) is 6.42 Å². The van der Waals surface area contributed by atoms with Crippen LogP contribution < -0.4 is 5.32 Å². The summed E-state index contributed by atoms with van der Waals surface area (Å²) in [6.07, 6.45) is 4.69. The maximum absolute atomic E-state index is 11.9. The first-order chi connectivity index (χ1) is 9.10. The molecular formula is C15H27NO4. The molecule has 5 heteroatoms. The quantitative estimate of drug-likeness (QED) is 0.812. The van der Waals surface area contributed by atoms with Gasteiger partial charge in [0.15, 0.2) is 0 Å². The molecule has 1 rings (SSSR count). The summed E-state index contributed by atoms with van der Waals surface area (Å²) in [5.74, 6) is -0.407. The number of hydrogen-bond acceptors (Lipinski definition) is 3. The van der Waals surface area contributed by atoms with Gasteiger partial charge in [0.2, 0.25) is 0 Å². The van der Waals surface area contributed by atoms with E-state index in [1.165, 1.54) is 12.8 Å². The Hall–Kier alpha value is -1.26. The number of carbonyl (C=O) groups excluding carboxylic acids is 1. The van der Waals surface area contributed by atoms with Gasteiger partial charge in [-0.3, -0.25) is 4.79 Å². The van der Waals surface area contributed by atoms with Gasteiger partial charge in [0.25, 0.3) is 0 Å². The maximum Gasteiger partial charge on any atom is 0.408 e. The van der Waals surface area contributed by atoms with E-state index in [0.717, 1.165) is 12.8 Å². The second-order valence-corrected chi connectivity index (χ2v) is 7.11. The lowest BCUT2D eigenvalue weighted by molar-refractivity contribution is -0.138. The first-order valence-corrected chi connectivity index (χ1v) is 7.33. The van der Waals surface area contributed by atoms with Gasteiger partial charge in [-0.1, -0.05) is 25.7 Å². The van der Waals surface area contributed by atoms with Crippen LogP contribution in [0.15, 0.2) is 0 Å². The van der Waals surface area contributed by atoms with Crippen LogP contribution in [-0.2, 0) is 9.53 Å². The van der Waals surface area contributed by atoms with Crippen LogP contribution in [0, 0.1) is 5.92 Å². The van der Waals surface area contributed by atoms with Crippen molar-refractivity contribution >= 4 is 12.1 Å². The zero-order valence-corrected chi connectivity index (χ0v) is 13.0. The van der Waals surface area contributed by atoms with Gasteiger partial charge < -0.3 is 15.2 Å². The molecular weight excluding hydrogens is 258 g/mol. The molecule has 1 saturated carbocycles. The van der Waals surface area contributed by atoms with Crippen molar-refractivity contribution in [2.75, 3.05) is 0 Å². The summed E-state index contributed by atoms with van der Waals surface area (Å²) in [5, 5.41) is 11.8. The summed E-state index contributed by atoms with van der Waals surface area (Å²) in [6, 6.07) is 0. The lowest BCUT2D eigenvalue weighted by Crippen LogP contribution is -2.50. The molecule has 0 aromatic carbocycles. The van der Waals surface area contributed by atoms with Crippen LogP contribution in [0.1, 0.15) is 66.2 Å². The lowest BCUT2D eigenvalue weighted by Gasteiger charge is -2.33. The molecule has 20 heavy (non-hydrogen) atoms. The molecule has 0 saturated heterocycles. The van der Waals surface area contributed by atoms with Crippen LogP contribution in [0.3, 0.4) is 0 Å². The molecule has 1 fully saturated rings. The minimum atomic E-state index is -0.901. The van der Waals surface area contributed by atoms with E-state index in [4.69, 9.17) is 9.84 Å². The maximum atomic E-state index is 11.9. The number of nitrogens with one attached hydrogen (secondary N) is 1. The van der Waals surface area contributed by atoms with Crippen molar-refractivity contribution in [1.82, 2.24) is 5.32 Å². The smallest absolute Gasteiger partial charge is 0.408 e. The van der Waals surface area contributed by atoms with Crippen molar-refractivity contribution in [2.45, 2.75) is 77.4 Å². The topological polar surface area (TPSA) is 75.6 Å². The Morgan fingerprint density at radius 1 is 1.20 bits per heavy atom. The second kappa shape index (κ2) is 6.46. The molecule has 0 aromatic rings. The molecule has 116 valence electrons. The van der Waals surface area contributed by atoms with E-state index < -0.39 is 23.2 Å². The highest BCUT2D eigenvalue weighted by atomic mass is 16.6. The molecule has 0 spiro atoms. The summed E-state index contributed by atoms with van der Waals surface area (Å²) in [7, 11) is 0. The van der Waals surface area contributed by atoms with E-state index >= 15 is 0 Å². The normalized spacial score (nSPS) is 19.4. The highest BCUT2D eigenvalue weighted by Crippen LogP contribution is 2.33. The molecule has 0 bridgehead atoms. The van der Waals surface area contributed by atoms with Crippen LogP contribution in [0.4, 0.5) is 4.79 Å². The van der Waals surface area contributed by atoms with Gasteiger partial charge in [0.1, 0.15) is 5.60 Å². The van der Waals surface area contributed by atoms with E-state index in [2.05, 4.69) is 5.32 Å². The SMILES string of the molecule is CC(CC(=O)O)(CC1CCCC1)NC(=O)OC(C)(C)C. The number of ether oxygens (including phenoxy) is 1. The largest absolute Gasteiger partial charge is 0.481 e. The summed E-state index contributed by atoms with van der Waals surface area (Å²) in [5.41, 5.74) is -1.33. The van der Waals surface area contributed by atoms with E-state index in [1.54, 1.807) is 27.7 Å². The first-order valence-electron chi connectivity index (χ1n) is 7.33. The third-order valence-corrected chi connectivity index (χ3v) is 3.56. The van der Waals surface area contributed by atoms with Crippen molar-refractivity contribution in [3.8, 4) is 0 Å². The third kappa shape index (κ3) is 6.26. The molecule has 1 unspecified atom stereocenters. The number of amides is 1. The Kier molecular flexibility index (Phi) is 5.42. The molecule has 0 radical (unpaired) electrons. The zero-order chi connectivity index (χ0) is 15.4. The van der Waals surface area contributed by atoms with E-state index in [1.807, 2.05) is 0 Å². The number of aliphatic carboxylic acids is 1. The fourth-order valence-electron chi connectivity index (χ4n) is 2.90. The highest BCUT2D eigenvalue weighted by Gasteiger charge is 2.34. The van der Waals surface area contributed by atoms with Gasteiger partial charge in [-0.25, -0.2) is 4.79 Å². The molecule has 0 aromatic heterocycles. The minimum Gasteiger partial charge on any atom is -0.481 e. The average molecular weight is 285 g/mol. The molecule has 1 atom stereocenters. The van der Waals surface area contributed by atoms with Gasteiger partial charge in [-0.05, 0) is 40.0 Å². The molecule has 1 aliphatic carbocycles. The van der Waals surface area contributed by atoms with Crippen LogP contribution in [-0.4, -0.2) is 28.3 Å². The Morgan fingerprint density at radius 3 is 2.20 bits per heavy atom. The van der Waals surface area contributed by atoms with Gasteiger partial charge in [-0.15, -0.1) is 0 Å². The summed E-state index contributed by atoms with van der Waals surface area (Å²) in [6.45, 7) is 7.16. The minimum absolute atomic E-state index is 0.0806. The van der Waals surface area contributed by atoms with Crippen LogP contribution in [0.2, 0.25) is 0 Å². The van der Waals surface area contributed by atoms with Gasteiger partial charge in [0.05, 0.1) is 12.0 Å². The fourth-order valence-corrected chi connectivity index (χ4v) is 2.90. The number of carboxylic acids is 1. The fraction of sp³-hybridized carbons (Fsp3) is 0.867. The average Bonchev–Trinajstić information content (AvgIpc) is 2.63.